The molecule has 0 N–H and O–H groups in total. The third-order valence-corrected chi connectivity index (χ3v) is 5.56. The Balaban J connectivity index is 1.84. The minimum Gasteiger partial charge on any atom is -0.497 e. The Kier molecular flexibility index (Phi) is 7.84. The first-order chi connectivity index (χ1) is 16.7. The average Bonchev–Trinajstić information content (AvgIpc) is 3.24. The third kappa shape index (κ3) is 5.83. The van der Waals surface area contributed by atoms with E-state index in [-0.39, 0.29) is 31.7 Å². The van der Waals surface area contributed by atoms with Crippen LogP contribution < -0.4 is 14.4 Å². The highest BCUT2D eigenvalue weighted by Gasteiger charge is 2.38. The number of anilines is 1. The van der Waals surface area contributed by atoms with Gasteiger partial charge in [0, 0.05) is 31.6 Å². The summed E-state index contributed by atoms with van der Waals surface area (Å²) in [5.41, 5.74) is -0.0476. The van der Waals surface area contributed by atoms with Crippen LogP contribution in [-0.4, -0.2) is 62.0 Å². The van der Waals surface area contributed by atoms with Crippen molar-refractivity contribution < 1.29 is 37.9 Å². The molecule has 35 heavy (non-hydrogen) atoms. The molecule has 0 aliphatic carbocycles. The number of esters is 1. The van der Waals surface area contributed by atoms with E-state index in [4.69, 9.17) is 14.2 Å². The summed E-state index contributed by atoms with van der Waals surface area (Å²) < 4.78 is 28.9. The molecule has 12 heteroatoms. The topological polar surface area (TPSA) is 129 Å². The number of nitro benzene ring substituents is 1. The summed E-state index contributed by atoms with van der Waals surface area (Å²) in [4.78, 5) is 50.7. The van der Waals surface area contributed by atoms with Gasteiger partial charge < -0.3 is 24.0 Å². The van der Waals surface area contributed by atoms with E-state index in [1.807, 2.05) is 0 Å². The summed E-state index contributed by atoms with van der Waals surface area (Å²) in [5, 5.41) is 11.1. The van der Waals surface area contributed by atoms with Gasteiger partial charge in [0.05, 0.1) is 37.9 Å². The first-order valence-electron chi connectivity index (χ1n) is 10.5. The van der Waals surface area contributed by atoms with Gasteiger partial charge >= 0.3 is 11.7 Å². The highest BCUT2D eigenvalue weighted by molar-refractivity contribution is 6.00. The summed E-state index contributed by atoms with van der Waals surface area (Å²) in [6.07, 6.45) is -0.177. The summed E-state index contributed by atoms with van der Waals surface area (Å²) in [6, 6.07) is 8.12. The van der Waals surface area contributed by atoms with Crippen molar-refractivity contribution in [1.82, 2.24) is 4.90 Å². The quantitative estimate of drug-likeness (QED) is 0.298. The summed E-state index contributed by atoms with van der Waals surface area (Å²) in [5.74, 6) is -2.46. The zero-order valence-corrected chi connectivity index (χ0v) is 19.4. The molecule has 1 heterocycles. The first-order valence-corrected chi connectivity index (χ1v) is 10.5. The van der Waals surface area contributed by atoms with Crippen LogP contribution in [0, 0.1) is 21.8 Å². The lowest BCUT2D eigenvalue weighted by atomic mass is 10.1. The van der Waals surface area contributed by atoms with Crippen molar-refractivity contribution >= 4 is 29.2 Å². The van der Waals surface area contributed by atoms with Crippen LogP contribution in [0.5, 0.6) is 11.5 Å². The molecule has 0 spiro atoms. The lowest BCUT2D eigenvalue weighted by Gasteiger charge is -2.25. The number of nitrogens with zero attached hydrogens (tertiary/aromatic N) is 3. The number of benzene rings is 2. The zero-order chi connectivity index (χ0) is 25.7. The van der Waals surface area contributed by atoms with E-state index in [2.05, 4.69) is 0 Å². The van der Waals surface area contributed by atoms with Crippen molar-refractivity contribution in [2.45, 2.75) is 13.0 Å². The van der Waals surface area contributed by atoms with Gasteiger partial charge in [0.15, 0.2) is 0 Å². The minimum atomic E-state index is -1.03. The Hall–Kier alpha value is -4.22. The number of carbonyl (C=O) groups is 3. The van der Waals surface area contributed by atoms with Crippen molar-refractivity contribution in [1.29, 1.82) is 0 Å². The van der Waals surface area contributed by atoms with Crippen molar-refractivity contribution in [3.05, 3.63) is 57.9 Å². The van der Waals surface area contributed by atoms with Crippen molar-refractivity contribution in [3.63, 3.8) is 0 Å². The van der Waals surface area contributed by atoms with Gasteiger partial charge in [-0.3, -0.25) is 24.5 Å². The Morgan fingerprint density at radius 3 is 2.37 bits per heavy atom. The van der Waals surface area contributed by atoms with Crippen LogP contribution in [0.2, 0.25) is 0 Å². The summed E-state index contributed by atoms with van der Waals surface area (Å²) in [7, 11) is 4.16. The molecule has 1 saturated heterocycles. The van der Waals surface area contributed by atoms with Crippen LogP contribution in [-0.2, 0) is 25.7 Å². The molecule has 3 rings (SSSR count). The van der Waals surface area contributed by atoms with Crippen molar-refractivity contribution in [3.8, 4) is 11.5 Å². The summed E-state index contributed by atoms with van der Waals surface area (Å²) >= 11 is 0. The molecule has 0 bridgehead atoms. The van der Waals surface area contributed by atoms with Gasteiger partial charge in [0.2, 0.25) is 17.6 Å². The number of hydrogen-bond acceptors (Lipinski definition) is 8. The highest BCUT2D eigenvalue weighted by Crippen LogP contribution is 2.31. The number of amides is 2. The van der Waals surface area contributed by atoms with Gasteiger partial charge in [-0.1, -0.05) is 0 Å². The van der Waals surface area contributed by atoms with Crippen molar-refractivity contribution in [2.24, 2.45) is 5.92 Å². The molecule has 1 aliphatic heterocycles. The van der Waals surface area contributed by atoms with Crippen LogP contribution in [0.4, 0.5) is 15.8 Å². The molecule has 2 aromatic carbocycles. The Morgan fingerprint density at radius 2 is 1.80 bits per heavy atom. The van der Waals surface area contributed by atoms with E-state index in [9.17, 15) is 28.9 Å². The molecule has 0 aromatic heterocycles. The molecular formula is C23H24FN3O8. The van der Waals surface area contributed by atoms with E-state index in [1.165, 1.54) is 37.2 Å². The second-order valence-corrected chi connectivity index (χ2v) is 7.79. The molecular weight excluding hydrogens is 465 g/mol. The minimum absolute atomic E-state index is 0.00814. The molecule has 1 fully saturated rings. The SMILES string of the molecule is COC(=O)CN(Cc1cc(OC)cc(OC)c1)C(=O)C1CC(=O)N(c2ccc(F)c([N+](=O)[O-])c2)C1. The predicted molar refractivity (Wildman–Crippen MR) is 120 cm³/mol. The van der Waals surface area contributed by atoms with Gasteiger partial charge in [-0.15, -0.1) is 0 Å². The lowest BCUT2D eigenvalue weighted by molar-refractivity contribution is -0.387. The number of nitro groups is 1. The van der Waals surface area contributed by atoms with E-state index in [0.29, 0.717) is 17.1 Å². The first kappa shape index (κ1) is 25.4. The fourth-order valence-corrected chi connectivity index (χ4v) is 3.80. The fraction of sp³-hybridized carbons (Fsp3) is 0.348. The molecule has 186 valence electrons. The van der Waals surface area contributed by atoms with E-state index in [1.54, 1.807) is 18.2 Å². The second-order valence-electron chi connectivity index (χ2n) is 7.79. The Bertz CT molecular complexity index is 1130. The normalized spacial score (nSPS) is 15.0. The molecule has 11 nitrogen and oxygen atoms in total. The maximum absolute atomic E-state index is 13.7. The zero-order valence-electron chi connectivity index (χ0n) is 19.4. The van der Waals surface area contributed by atoms with Gasteiger partial charge in [-0.05, 0) is 29.8 Å². The third-order valence-electron chi connectivity index (χ3n) is 5.56. The average molecular weight is 489 g/mol. The van der Waals surface area contributed by atoms with Crippen LogP contribution in [0.25, 0.3) is 0 Å². The molecule has 1 unspecified atom stereocenters. The predicted octanol–water partition coefficient (Wildman–Crippen LogP) is 2.31. The monoisotopic (exact) mass is 489 g/mol. The number of rotatable bonds is 9. The lowest BCUT2D eigenvalue weighted by Crippen LogP contribution is -2.40. The van der Waals surface area contributed by atoms with Gasteiger partial charge in [0.1, 0.15) is 18.0 Å². The molecule has 2 aromatic rings. The van der Waals surface area contributed by atoms with Crippen LogP contribution in [0.3, 0.4) is 0 Å². The molecule has 2 amide bonds. The molecule has 1 aliphatic rings. The Labute approximate surface area is 200 Å². The number of ether oxygens (including phenoxy) is 3. The molecule has 1 atom stereocenters. The molecule has 0 saturated carbocycles. The van der Waals surface area contributed by atoms with Crippen LogP contribution >= 0.6 is 0 Å². The number of hydrogen-bond donors (Lipinski definition) is 0. The van der Waals surface area contributed by atoms with Crippen LogP contribution in [0.1, 0.15) is 12.0 Å². The maximum Gasteiger partial charge on any atom is 0.325 e. The largest absolute Gasteiger partial charge is 0.497 e. The highest BCUT2D eigenvalue weighted by atomic mass is 19.1. The standard InChI is InChI=1S/C23H24FN3O8/c1-33-17-6-14(7-18(10-17)34-2)11-25(13-22(29)35-3)23(30)15-8-21(28)26(12-15)16-4-5-19(24)20(9-16)27(31)32/h4-7,9-10,15H,8,11-13H2,1-3H3. The van der Waals surface area contributed by atoms with Crippen LogP contribution in [0.15, 0.2) is 36.4 Å². The number of methoxy groups -OCH3 is 3. The van der Waals surface area contributed by atoms with Gasteiger partial charge in [0.25, 0.3) is 0 Å². The summed E-state index contributed by atoms with van der Waals surface area (Å²) in [6.45, 7) is -0.435. The second kappa shape index (κ2) is 10.8. The smallest absolute Gasteiger partial charge is 0.325 e. The van der Waals surface area contributed by atoms with E-state index < -0.39 is 40.1 Å². The van der Waals surface area contributed by atoms with E-state index in [0.717, 1.165) is 12.1 Å². The molecule has 0 radical (unpaired) electrons. The number of carbonyl (C=O) groups excluding carboxylic acids is 3. The van der Waals surface area contributed by atoms with Gasteiger partial charge in [-0.2, -0.15) is 4.39 Å². The van der Waals surface area contributed by atoms with Crippen molar-refractivity contribution in [2.75, 3.05) is 39.3 Å². The van der Waals surface area contributed by atoms with E-state index >= 15 is 0 Å². The number of halogens is 1. The maximum atomic E-state index is 13.7. The van der Waals surface area contributed by atoms with Gasteiger partial charge in [-0.25, -0.2) is 0 Å². The Morgan fingerprint density at radius 1 is 1.14 bits per heavy atom. The fourth-order valence-electron chi connectivity index (χ4n) is 3.80.